The third-order valence-corrected chi connectivity index (χ3v) is 5.82. The number of carbonyl (C=O) groups excluding carboxylic acids is 1. The highest BCUT2D eigenvalue weighted by atomic mass is 35.5. The van der Waals surface area contributed by atoms with Crippen LogP contribution in [0.3, 0.4) is 0 Å². The molecule has 0 aromatic heterocycles. The quantitative estimate of drug-likeness (QED) is 0.540. The van der Waals surface area contributed by atoms with Gasteiger partial charge in [0.15, 0.2) is 6.61 Å². The largest absolute Gasteiger partial charge is 0.482 e. The van der Waals surface area contributed by atoms with Crippen LogP contribution in [0.1, 0.15) is 32.3 Å². The van der Waals surface area contributed by atoms with Crippen molar-refractivity contribution in [3.63, 3.8) is 0 Å². The molecular weight excluding hydrogens is 457 g/mol. The van der Waals surface area contributed by atoms with Gasteiger partial charge in [0.25, 0.3) is 15.9 Å². The molecule has 11 heteroatoms. The van der Waals surface area contributed by atoms with E-state index in [1.54, 1.807) is 0 Å². The molecule has 0 saturated carbocycles. The number of rotatable bonds is 9. The first kappa shape index (κ1) is 24.8. The molecule has 0 aliphatic rings. The highest BCUT2D eigenvalue weighted by Gasteiger charge is 2.30. The fourth-order valence-electron chi connectivity index (χ4n) is 2.70. The van der Waals surface area contributed by atoms with Crippen molar-refractivity contribution in [2.75, 3.05) is 11.3 Å². The van der Waals surface area contributed by atoms with Crippen molar-refractivity contribution in [3.05, 3.63) is 53.1 Å². The molecular formula is C20H22ClF3N2O4S. The lowest BCUT2D eigenvalue weighted by Gasteiger charge is -2.14. The summed E-state index contributed by atoms with van der Waals surface area (Å²) in [6, 6.07) is 7.34. The molecule has 2 aromatic carbocycles. The molecule has 6 nitrogen and oxygen atoms in total. The molecule has 0 fully saturated rings. The Morgan fingerprint density at radius 1 is 1.19 bits per heavy atom. The first-order valence-electron chi connectivity index (χ1n) is 9.34. The number of nitrogens with one attached hydrogen (secondary N) is 2. The van der Waals surface area contributed by atoms with Crippen LogP contribution in [0, 0.1) is 0 Å². The van der Waals surface area contributed by atoms with Gasteiger partial charge >= 0.3 is 6.18 Å². The number of benzene rings is 2. The SMILES string of the molecule is CCC[C@H](C)NC(=O)COc1ccc(S(=O)(=O)Nc2cccc(C(F)(F)F)c2)cc1Cl. The predicted octanol–water partition coefficient (Wildman–Crippen LogP) is 4.84. The monoisotopic (exact) mass is 478 g/mol. The van der Waals surface area contributed by atoms with Crippen molar-refractivity contribution in [2.45, 2.75) is 43.8 Å². The van der Waals surface area contributed by atoms with E-state index in [-0.39, 0.29) is 39.9 Å². The van der Waals surface area contributed by atoms with Crippen LogP contribution >= 0.6 is 11.6 Å². The molecule has 1 atom stereocenters. The summed E-state index contributed by atoms with van der Waals surface area (Å²) < 4.78 is 70.9. The molecule has 2 aromatic rings. The lowest BCUT2D eigenvalue weighted by Crippen LogP contribution is -2.35. The van der Waals surface area contributed by atoms with Gasteiger partial charge in [0, 0.05) is 11.7 Å². The van der Waals surface area contributed by atoms with Gasteiger partial charge in [-0.15, -0.1) is 0 Å². The van der Waals surface area contributed by atoms with Gasteiger partial charge in [0.1, 0.15) is 5.75 Å². The van der Waals surface area contributed by atoms with Crippen LogP contribution in [0.25, 0.3) is 0 Å². The summed E-state index contributed by atoms with van der Waals surface area (Å²) in [5, 5.41) is 2.69. The minimum absolute atomic E-state index is 0.00832. The number of halogens is 4. The van der Waals surface area contributed by atoms with Crippen molar-refractivity contribution in [2.24, 2.45) is 0 Å². The summed E-state index contributed by atoms with van der Waals surface area (Å²) in [4.78, 5) is 11.6. The van der Waals surface area contributed by atoms with Gasteiger partial charge in [-0.25, -0.2) is 8.42 Å². The minimum Gasteiger partial charge on any atom is -0.482 e. The Morgan fingerprint density at radius 2 is 1.90 bits per heavy atom. The summed E-state index contributed by atoms with van der Waals surface area (Å²) in [6.07, 6.45) is -2.87. The van der Waals surface area contributed by atoms with Crippen molar-refractivity contribution < 1.29 is 31.1 Å². The molecule has 0 aliphatic heterocycles. The van der Waals surface area contributed by atoms with E-state index in [0.717, 1.165) is 31.0 Å². The van der Waals surface area contributed by atoms with Crippen LogP contribution in [0.2, 0.25) is 5.02 Å². The first-order valence-corrected chi connectivity index (χ1v) is 11.2. The van der Waals surface area contributed by atoms with Crippen LogP contribution in [0.5, 0.6) is 5.75 Å². The number of anilines is 1. The third-order valence-electron chi connectivity index (χ3n) is 4.14. The maximum atomic E-state index is 12.8. The zero-order valence-electron chi connectivity index (χ0n) is 16.8. The van der Waals surface area contributed by atoms with E-state index in [1.807, 2.05) is 13.8 Å². The zero-order valence-corrected chi connectivity index (χ0v) is 18.4. The number of carbonyl (C=O) groups is 1. The molecule has 1 amide bonds. The lowest BCUT2D eigenvalue weighted by molar-refractivity contribution is -0.137. The molecule has 31 heavy (non-hydrogen) atoms. The van der Waals surface area contributed by atoms with Gasteiger partial charge in [-0.2, -0.15) is 13.2 Å². The third kappa shape index (κ3) is 7.32. The van der Waals surface area contributed by atoms with Crippen LogP contribution in [0.15, 0.2) is 47.4 Å². The lowest BCUT2D eigenvalue weighted by atomic mass is 10.2. The smallest absolute Gasteiger partial charge is 0.416 e. The Bertz CT molecular complexity index is 1030. The second kappa shape index (κ2) is 10.2. The summed E-state index contributed by atoms with van der Waals surface area (Å²) in [6.45, 7) is 3.56. The average Bonchev–Trinajstić information content (AvgIpc) is 2.66. The van der Waals surface area contributed by atoms with Gasteiger partial charge < -0.3 is 10.1 Å². The van der Waals surface area contributed by atoms with Crippen molar-refractivity contribution in [3.8, 4) is 5.75 Å². The first-order chi connectivity index (χ1) is 14.4. The molecule has 0 unspecified atom stereocenters. The zero-order chi connectivity index (χ0) is 23.2. The van der Waals surface area contributed by atoms with E-state index in [9.17, 15) is 26.4 Å². The highest BCUT2D eigenvalue weighted by molar-refractivity contribution is 7.92. The molecule has 0 radical (unpaired) electrons. The van der Waals surface area contributed by atoms with Crippen molar-refractivity contribution >= 4 is 33.2 Å². The molecule has 0 aliphatic carbocycles. The second-order valence-corrected chi connectivity index (χ2v) is 8.91. The molecule has 170 valence electrons. The average molecular weight is 479 g/mol. The summed E-state index contributed by atoms with van der Waals surface area (Å²) in [7, 11) is -4.20. The molecule has 2 rings (SSSR count). The number of hydrogen-bond donors (Lipinski definition) is 2. The number of amides is 1. The Labute approximate surface area is 183 Å². The van der Waals surface area contributed by atoms with Gasteiger partial charge in [-0.05, 0) is 49.7 Å². The number of alkyl halides is 3. The Hall–Kier alpha value is -2.46. The normalized spacial score (nSPS) is 12.8. The molecule has 0 heterocycles. The Kier molecular flexibility index (Phi) is 8.19. The maximum absolute atomic E-state index is 12.8. The number of sulfonamides is 1. The van der Waals surface area contributed by atoms with E-state index < -0.39 is 21.8 Å². The highest BCUT2D eigenvalue weighted by Crippen LogP contribution is 2.32. The number of ether oxygens (including phenoxy) is 1. The van der Waals surface area contributed by atoms with E-state index in [4.69, 9.17) is 16.3 Å². The molecule has 0 spiro atoms. The summed E-state index contributed by atoms with van der Waals surface area (Å²) >= 11 is 6.06. The standard InChI is InChI=1S/C20H22ClF3N2O4S/c1-3-5-13(2)25-19(27)12-30-18-9-8-16(11-17(18)21)31(28,29)26-15-7-4-6-14(10-15)20(22,23)24/h4,6-11,13,26H,3,5,12H2,1-2H3,(H,25,27)/t13-/m0/s1. The van der Waals surface area contributed by atoms with Crippen molar-refractivity contribution in [1.82, 2.24) is 5.32 Å². The predicted molar refractivity (Wildman–Crippen MR) is 112 cm³/mol. The topological polar surface area (TPSA) is 84.5 Å². The van der Waals surface area contributed by atoms with Gasteiger partial charge in [-0.1, -0.05) is 31.0 Å². The van der Waals surface area contributed by atoms with Gasteiger partial charge in [0.05, 0.1) is 15.5 Å². The molecule has 0 saturated heterocycles. The minimum atomic E-state index is -4.61. The van der Waals surface area contributed by atoms with Gasteiger partial charge in [0.2, 0.25) is 0 Å². The van der Waals surface area contributed by atoms with E-state index in [2.05, 4.69) is 10.0 Å². The van der Waals surface area contributed by atoms with Crippen molar-refractivity contribution in [1.29, 1.82) is 0 Å². The Balaban J connectivity index is 2.09. The fourth-order valence-corrected chi connectivity index (χ4v) is 4.08. The maximum Gasteiger partial charge on any atom is 0.416 e. The molecule has 2 N–H and O–H groups in total. The van der Waals surface area contributed by atoms with Crippen LogP contribution in [0.4, 0.5) is 18.9 Å². The van der Waals surface area contributed by atoms with Crippen LogP contribution < -0.4 is 14.8 Å². The fraction of sp³-hybridized carbons (Fsp3) is 0.350. The molecule has 0 bridgehead atoms. The van der Waals surface area contributed by atoms with E-state index >= 15 is 0 Å². The van der Waals surface area contributed by atoms with E-state index in [0.29, 0.717) is 6.07 Å². The van der Waals surface area contributed by atoms with Crippen LogP contribution in [-0.4, -0.2) is 27.0 Å². The van der Waals surface area contributed by atoms with Crippen LogP contribution in [-0.2, 0) is 21.0 Å². The summed E-state index contributed by atoms with van der Waals surface area (Å²) in [5.41, 5.74) is -1.23. The second-order valence-electron chi connectivity index (χ2n) is 6.82. The van der Waals surface area contributed by atoms with Gasteiger partial charge in [-0.3, -0.25) is 9.52 Å². The Morgan fingerprint density at radius 3 is 2.52 bits per heavy atom. The van der Waals surface area contributed by atoms with E-state index in [1.165, 1.54) is 18.2 Å². The number of hydrogen-bond acceptors (Lipinski definition) is 4. The summed E-state index contributed by atoms with van der Waals surface area (Å²) in [5.74, 6) is -0.252.